The number of aromatic nitrogens is 4. The molecule has 2 aliphatic carbocycles. The molecule has 0 saturated heterocycles. The van der Waals surface area contributed by atoms with Crippen molar-refractivity contribution in [1.82, 2.24) is 25.9 Å². The second kappa shape index (κ2) is 13.4. The number of carbonyl (C=O) groups excluding carboxylic acids is 2. The monoisotopic (exact) mass is 631 g/mol. The van der Waals surface area contributed by atoms with Gasteiger partial charge in [0.2, 0.25) is 0 Å². The predicted octanol–water partition coefficient (Wildman–Crippen LogP) is 7.18. The number of allylic oxidation sites excluding steroid dienone is 2. The number of hydrogen-bond acceptors (Lipinski definition) is 6. The Bertz CT molecular complexity index is 1670. The number of urea groups is 1. The number of benzene rings is 3. The quantitative estimate of drug-likeness (QED) is 0.170. The van der Waals surface area contributed by atoms with Crippen LogP contribution in [-0.2, 0) is 6.54 Å². The highest BCUT2D eigenvalue weighted by Gasteiger charge is 2.35. The maximum Gasteiger partial charge on any atom is 0.573 e. The van der Waals surface area contributed by atoms with Gasteiger partial charge in [0.1, 0.15) is 5.75 Å². The second-order valence-electron chi connectivity index (χ2n) is 11.4. The largest absolute Gasteiger partial charge is 0.573 e. The van der Waals surface area contributed by atoms with Gasteiger partial charge in [-0.2, -0.15) is 5.21 Å². The molecule has 1 atom stereocenters. The zero-order valence-corrected chi connectivity index (χ0v) is 24.8. The van der Waals surface area contributed by atoms with Crippen LogP contribution in [0.25, 0.3) is 5.57 Å². The Labute approximate surface area is 263 Å². The van der Waals surface area contributed by atoms with Crippen LogP contribution >= 0.6 is 0 Å². The third-order valence-electron chi connectivity index (χ3n) is 8.06. The van der Waals surface area contributed by atoms with Crippen molar-refractivity contribution in [3.63, 3.8) is 0 Å². The van der Waals surface area contributed by atoms with Gasteiger partial charge < -0.3 is 10.1 Å². The van der Waals surface area contributed by atoms with E-state index >= 15 is 0 Å². The van der Waals surface area contributed by atoms with E-state index in [0.29, 0.717) is 16.8 Å². The number of alkyl halides is 3. The Kier molecular flexibility index (Phi) is 8.99. The van der Waals surface area contributed by atoms with Crippen molar-refractivity contribution in [2.75, 3.05) is 10.2 Å². The molecule has 1 saturated carbocycles. The number of amides is 3. The van der Waals surface area contributed by atoms with Gasteiger partial charge in [0.25, 0.3) is 11.9 Å². The molecular weight excluding hydrogens is 599 g/mol. The molecule has 46 heavy (non-hydrogen) atoms. The van der Waals surface area contributed by atoms with Crippen molar-refractivity contribution in [2.24, 2.45) is 5.92 Å². The topological polar surface area (TPSA) is 125 Å². The van der Waals surface area contributed by atoms with E-state index in [9.17, 15) is 22.8 Å². The summed E-state index contributed by atoms with van der Waals surface area (Å²) in [5.74, 6) is -0.509. The van der Waals surface area contributed by atoms with Crippen molar-refractivity contribution >= 4 is 29.1 Å². The van der Waals surface area contributed by atoms with Gasteiger partial charge in [-0.25, -0.2) is 4.79 Å². The zero-order chi connectivity index (χ0) is 32.1. The Balaban J connectivity index is 1.22. The first-order valence-electron chi connectivity index (χ1n) is 15.1. The number of aromatic amines is 1. The van der Waals surface area contributed by atoms with E-state index in [-0.39, 0.29) is 30.2 Å². The molecule has 3 N–H and O–H groups in total. The SMILES string of the molecule is O=C(Nc1nn[nH]n1)c1ccc(CN(C(=O)NC(c2ccc(OC(F)(F)F)cc2)C2CC2)c2ccc(C3=CCCCC3)cc2)cc1. The van der Waals surface area contributed by atoms with Crippen LogP contribution in [0.15, 0.2) is 78.9 Å². The standard InChI is InChI=1S/C33H32F3N7O3/c34-33(35,36)46-28-18-14-25(15-19-28)29(24-10-11-24)37-32(45)43(27-16-12-23(13-17-27)22-4-2-1-3-5-22)20-21-6-8-26(9-7-21)30(44)38-31-39-41-42-40-31/h4,6-9,12-19,24,29H,1-3,5,10-11,20H2,(H,37,45)(H2,38,39,40,41,42,44). The lowest BCUT2D eigenvalue weighted by molar-refractivity contribution is -0.274. The van der Waals surface area contributed by atoms with Gasteiger partial charge in [-0.15, -0.1) is 18.3 Å². The molecular formula is C33H32F3N7O3. The van der Waals surface area contributed by atoms with Gasteiger partial charge in [0.05, 0.1) is 12.6 Å². The highest BCUT2D eigenvalue weighted by molar-refractivity contribution is 6.03. The van der Waals surface area contributed by atoms with E-state index in [2.05, 4.69) is 42.1 Å². The molecule has 6 rings (SSSR count). The van der Waals surface area contributed by atoms with E-state index in [1.165, 1.54) is 24.1 Å². The van der Waals surface area contributed by atoms with Crippen LogP contribution in [0.3, 0.4) is 0 Å². The molecule has 13 heteroatoms. The molecule has 0 aliphatic heterocycles. The summed E-state index contributed by atoms with van der Waals surface area (Å²) in [6.07, 6.45) is 3.68. The van der Waals surface area contributed by atoms with Gasteiger partial charge in [0, 0.05) is 11.3 Å². The molecule has 1 fully saturated rings. The third kappa shape index (κ3) is 7.89. The van der Waals surface area contributed by atoms with Crippen molar-refractivity contribution in [3.8, 4) is 5.75 Å². The van der Waals surface area contributed by atoms with Crippen LogP contribution in [0.4, 0.5) is 29.6 Å². The molecule has 0 spiro atoms. The normalized spacial score (nSPS) is 15.4. The number of nitrogens with one attached hydrogen (secondary N) is 3. The average Bonchev–Trinajstić information content (AvgIpc) is 3.78. The van der Waals surface area contributed by atoms with Crippen LogP contribution in [0, 0.1) is 5.92 Å². The van der Waals surface area contributed by atoms with Crippen molar-refractivity contribution in [2.45, 2.75) is 57.5 Å². The fourth-order valence-electron chi connectivity index (χ4n) is 5.56. The number of tetrazole rings is 1. The van der Waals surface area contributed by atoms with Gasteiger partial charge in [-0.1, -0.05) is 47.6 Å². The van der Waals surface area contributed by atoms with Gasteiger partial charge in [-0.3, -0.25) is 15.0 Å². The fraction of sp³-hybridized carbons (Fsp3) is 0.303. The molecule has 238 valence electrons. The summed E-state index contributed by atoms with van der Waals surface area (Å²) < 4.78 is 42.1. The van der Waals surface area contributed by atoms with Gasteiger partial charge >= 0.3 is 12.4 Å². The highest BCUT2D eigenvalue weighted by atomic mass is 19.4. The lowest BCUT2D eigenvalue weighted by Crippen LogP contribution is -2.42. The molecule has 0 radical (unpaired) electrons. The predicted molar refractivity (Wildman–Crippen MR) is 165 cm³/mol. The van der Waals surface area contributed by atoms with Crippen LogP contribution in [0.5, 0.6) is 5.75 Å². The Morgan fingerprint density at radius 3 is 2.33 bits per heavy atom. The number of H-pyrrole nitrogens is 1. The van der Waals surface area contributed by atoms with E-state index in [1.54, 1.807) is 41.3 Å². The van der Waals surface area contributed by atoms with Crippen LogP contribution in [-0.4, -0.2) is 38.9 Å². The molecule has 4 aromatic rings. The van der Waals surface area contributed by atoms with Crippen molar-refractivity contribution < 1.29 is 27.5 Å². The Hall–Kier alpha value is -5.20. The maximum atomic E-state index is 14.0. The molecule has 10 nitrogen and oxygen atoms in total. The third-order valence-corrected chi connectivity index (χ3v) is 8.06. The number of halogens is 3. The number of rotatable bonds is 10. The minimum Gasteiger partial charge on any atom is -0.406 e. The number of nitrogens with zero attached hydrogens (tertiary/aromatic N) is 4. The first-order chi connectivity index (χ1) is 22.2. The number of ether oxygens (including phenoxy) is 1. The minimum absolute atomic E-state index is 0.0529. The Morgan fingerprint density at radius 2 is 1.72 bits per heavy atom. The first kappa shape index (κ1) is 30.8. The lowest BCUT2D eigenvalue weighted by atomic mass is 9.93. The average molecular weight is 632 g/mol. The second-order valence-corrected chi connectivity index (χ2v) is 11.4. The van der Waals surface area contributed by atoms with Gasteiger partial charge in [0.15, 0.2) is 0 Å². The molecule has 3 aromatic carbocycles. The van der Waals surface area contributed by atoms with E-state index in [4.69, 9.17) is 0 Å². The summed E-state index contributed by atoms with van der Waals surface area (Å²) >= 11 is 0. The number of anilines is 2. The van der Waals surface area contributed by atoms with Crippen LogP contribution < -0.4 is 20.3 Å². The summed E-state index contributed by atoms with van der Waals surface area (Å²) in [6.45, 7) is 0.205. The zero-order valence-electron chi connectivity index (χ0n) is 24.8. The number of carbonyl (C=O) groups is 2. The lowest BCUT2D eigenvalue weighted by Gasteiger charge is -2.28. The first-order valence-corrected chi connectivity index (χ1v) is 15.1. The highest BCUT2D eigenvalue weighted by Crippen LogP contribution is 2.42. The molecule has 1 unspecified atom stereocenters. The summed E-state index contributed by atoms with van der Waals surface area (Å²) in [6, 6.07) is 19.6. The van der Waals surface area contributed by atoms with E-state index in [0.717, 1.165) is 43.2 Å². The van der Waals surface area contributed by atoms with Crippen LogP contribution in [0.1, 0.15) is 71.6 Å². The fourth-order valence-corrected chi connectivity index (χ4v) is 5.56. The summed E-state index contributed by atoms with van der Waals surface area (Å²) in [5, 5.41) is 18.8. The summed E-state index contributed by atoms with van der Waals surface area (Å²) in [7, 11) is 0. The summed E-state index contributed by atoms with van der Waals surface area (Å²) in [4.78, 5) is 28.2. The summed E-state index contributed by atoms with van der Waals surface area (Å²) in [5.41, 5.74) is 4.96. The molecule has 0 bridgehead atoms. The van der Waals surface area contributed by atoms with E-state index < -0.39 is 18.3 Å². The number of hydrogen-bond donors (Lipinski definition) is 3. The van der Waals surface area contributed by atoms with E-state index in [1.807, 2.05) is 24.3 Å². The van der Waals surface area contributed by atoms with Crippen LogP contribution in [0.2, 0.25) is 0 Å². The minimum atomic E-state index is -4.79. The molecule has 3 amide bonds. The molecule has 2 aliphatic rings. The molecule has 1 heterocycles. The van der Waals surface area contributed by atoms with Crippen molar-refractivity contribution in [3.05, 3.63) is 101 Å². The smallest absolute Gasteiger partial charge is 0.406 e. The van der Waals surface area contributed by atoms with Gasteiger partial charge in [-0.05, 0) is 108 Å². The maximum absolute atomic E-state index is 14.0. The molecule has 1 aromatic heterocycles. The Morgan fingerprint density at radius 1 is 0.978 bits per heavy atom. The van der Waals surface area contributed by atoms with Crippen molar-refractivity contribution in [1.29, 1.82) is 0 Å².